The second kappa shape index (κ2) is 8.72. The number of piperidine rings is 1. The van der Waals surface area contributed by atoms with E-state index in [9.17, 15) is 18.5 Å². The number of rotatable bonds is 5. The van der Waals surface area contributed by atoms with Crippen molar-refractivity contribution in [2.24, 2.45) is 0 Å². The molecule has 1 amide bonds. The van der Waals surface area contributed by atoms with Crippen molar-refractivity contribution < 1.29 is 17.9 Å². The van der Waals surface area contributed by atoms with Crippen LogP contribution in [-0.2, 0) is 20.5 Å². The zero-order chi connectivity index (χ0) is 20.1. The standard InChI is InChI=1S/C19H27N3O4S/c1-19(2,3)26-18(23)21-13-17-10-6-7-11-22(17)27(24,25)14-16-9-5-4-8-15(16)12-20/h4-5,8-9,17H,6-7,10-11,13-14H2,1-3H3,(H,21,23)/t17-/m0/s1. The lowest BCUT2D eigenvalue weighted by atomic mass is 10.1. The first kappa shape index (κ1) is 21.2. The number of hydrogen-bond acceptors (Lipinski definition) is 5. The highest BCUT2D eigenvalue weighted by Gasteiger charge is 2.33. The van der Waals surface area contributed by atoms with Gasteiger partial charge in [-0.2, -0.15) is 9.57 Å². The maximum Gasteiger partial charge on any atom is 0.407 e. The number of nitrogens with one attached hydrogen (secondary N) is 1. The average molecular weight is 394 g/mol. The molecule has 0 aliphatic carbocycles. The second-order valence-electron chi connectivity index (χ2n) is 7.67. The molecule has 1 fully saturated rings. The van der Waals surface area contributed by atoms with Gasteiger partial charge in [0.25, 0.3) is 0 Å². The fourth-order valence-electron chi connectivity index (χ4n) is 3.09. The number of ether oxygens (including phenoxy) is 1. The molecule has 0 spiro atoms. The first-order valence-electron chi connectivity index (χ1n) is 9.07. The molecule has 0 unspecified atom stereocenters. The quantitative estimate of drug-likeness (QED) is 0.829. The van der Waals surface area contributed by atoms with Crippen LogP contribution in [0.3, 0.4) is 0 Å². The third-order valence-electron chi connectivity index (χ3n) is 4.29. The maximum absolute atomic E-state index is 13.0. The highest BCUT2D eigenvalue weighted by Crippen LogP contribution is 2.23. The van der Waals surface area contributed by atoms with Gasteiger partial charge in [-0.3, -0.25) is 0 Å². The molecule has 1 aromatic rings. The summed E-state index contributed by atoms with van der Waals surface area (Å²) >= 11 is 0. The van der Waals surface area contributed by atoms with Gasteiger partial charge < -0.3 is 10.1 Å². The van der Waals surface area contributed by atoms with E-state index in [1.807, 2.05) is 6.07 Å². The van der Waals surface area contributed by atoms with Gasteiger partial charge in [-0.25, -0.2) is 13.2 Å². The summed E-state index contributed by atoms with van der Waals surface area (Å²) in [6, 6.07) is 8.43. The summed E-state index contributed by atoms with van der Waals surface area (Å²) < 4.78 is 32.6. The van der Waals surface area contributed by atoms with Crippen molar-refractivity contribution in [1.29, 1.82) is 5.26 Å². The third kappa shape index (κ3) is 6.22. The molecule has 1 aliphatic rings. The summed E-state index contributed by atoms with van der Waals surface area (Å²) in [5, 5.41) is 11.9. The van der Waals surface area contributed by atoms with E-state index >= 15 is 0 Å². The van der Waals surface area contributed by atoms with Crippen molar-refractivity contribution in [2.75, 3.05) is 13.1 Å². The number of alkyl carbamates (subject to hydrolysis) is 1. The van der Waals surface area contributed by atoms with E-state index in [0.717, 1.165) is 12.8 Å². The van der Waals surface area contributed by atoms with E-state index < -0.39 is 21.7 Å². The Morgan fingerprint density at radius 2 is 2.04 bits per heavy atom. The first-order valence-corrected chi connectivity index (χ1v) is 10.7. The lowest BCUT2D eigenvalue weighted by molar-refractivity contribution is 0.0512. The summed E-state index contributed by atoms with van der Waals surface area (Å²) in [5.74, 6) is -0.223. The summed E-state index contributed by atoms with van der Waals surface area (Å²) in [6.45, 7) is 5.94. The Labute approximate surface area is 161 Å². The zero-order valence-corrected chi connectivity index (χ0v) is 16.9. The Kier molecular flexibility index (Phi) is 6.84. The Balaban J connectivity index is 2.09. The molecule has 0 radical (unpaired) electrons. The largest absolute Gasteiger partial charge is 0.444 e. The first-order chi connectivity index (χ1) is 12.6. The Morgan fingerprint density at radius 1 is 1.33 bits per heavy atom. The van der Waals surface area contributed by atoms with Gasteiger partial charge in [0.15, 0.2) is 0 Å². The van der Waals surface area contributed by atoms with E-state index in [0.29, 0.717) is 24.1 Å². The van der Waals surface area contributed by atoms with Crippen LogP contribution in [-0.4, -0.2) is 43.5 Å². The van der Waals surface area contributed by atoms with Gasteiger partial charge in [0.2, 0.25) is 10.0 Å². The average Bonchev–Trinajstić information content (AvgIpc) is 2.59. The van der Waals surface area contributed by atoms with Gasteiger partial charge in [-0.15, -0.1) is 0 Å². The minimum absolute atomic E-state index is 0.202. The van der Waals surface area contributed by atoms with Crippen LogP contribution in [0.1, 0.15) is 51.2 Å². The number of nitriles is 1. The van der Waals surface area contributed by atoms with Crippen LogP contribution < -0.4 is 5.32 Å². The maximum atomic E-state index is 13.0. The minimum Gasteiger partial charge on any atom is -0.444 e. The van der Waals surface area contributed by atoms with Crippen LogP contribution in [0.15, 0.2) is 24.3 Å². The predicted molar refractivity (Wildman–Crippen MR) is 102 cm³/mol. The summed E-state index contributed by atoms with van der Waals surface area (Å²) in [5.41, 5.74) is 0.245. The Hall–Kier alpha value is -2.11. The molecule has 148 valence electrons. The van der Waals surface area contributed by atoms with E-state index in [-0.39, 0.29) is 18.3 Å². The third-order valence-corrected chi connectivity index (χ3v) is 6.16. The smallest absolute Gasteiger partial charge is 0.407 e. The fraction of sp³-hybridized carbons (Fsp3) is 0.579. The van der Waals surface area contributed by atoms with Crippen LogP contribution >= 0.6 is 0 Å². The lowest BCUT2D eigenvalue weighted by Crippen LogP contribution is -2.50. The lowest BCUT2D eigenvalue weighted by Gasteiger charge is -2.35. The molecule has 8 heteroatoms. The van der Waals surface area contributed by atoms with Gasteiger partial charge in [0.1, 0.15) is 5.60 Å². The van der Waals surface area contributed by atoms with Gasteiger partial charge in [-0.05, 0) is 45.2 Å². The molecule has 0 aromatic heterocycles. The van der Waals surface area contributed by atoms with Crippen molar-refractivity contribution in [3.8, 4) is 6.07 Å². The monoisotopic (exact) mass is 393 g/mol. The van der Waals surface area contributed by atoms with Gasteiger partial charge in [0, 0.05) is 19.1 Å². The molecular weight excluding hydrogens is 366 g/mol. The summed E-state index contributed by atoms with van der Waals surface area (Å²) in [4.78, 5) is 11.9. The molecule has 7 nitrogen and oxygen atoms in total. The normalized spacial score (nSPS) is 18.5. The number of benzene rings is 1. The van der Waals surface area contributed by atoms with Crippen molar-refractivity contribution in [3.05, 3.63) is 35.4 Å². The van der Waals surface area contributed by atoms with Crippen molar-refractivity contribution in [2.45, 2.75) is 57.4 Å². The summed E-state index contributed by atoms with van der Waals surface area (Å²) in [7, 11) is -3.61. The second-order valence-corrected chi connectivity index (χ2v) is 9.59. The predicted octanol–water partition coefficient (Wildman–Crippen LogP) is 2.77. The van der Waals surface area contributed by atoms with Gasteiger partial charge >= 0.3 is 6.09 Å². The molecule has 1 aromatic carbocycles. The Morgan fingerprint density at radius 3 is 2.70 bits per heavy atom. The molecule has 2 rings (SSSR count). The molecule has 1 N–H and O–H groups in total. The fourth-order valence-corrected chi connectivity index (χ4v) is 4.95. The van der Waals surface area contributed by atoms with Crippen LogP contribution in [0.5, 0.6) is 0 Å². The number of amides is 1. The molecule has 1 atom stereocenters. The van der Waals surface area contributed by atoms with Crippen LogP contribution in [0.2, 0.25) is 0 Å². The minimum atomic E-state index is -3.61. The number of nitrogens with zero attached hydrogens (tertiary/aromatic N) is 2. The molecule has 0 bridgehead atoms. The topological polar surface area (TPSA) is 99.5 Å². The van der Waals surface area contributed by atoms with Gasteiger partial charge in [-0.1, -0.05) is 24.6 Å². The summed E-state index contributed by atoms with van der Waals surface area (Å²) in [6.07, 6.45) is 1.80. The Bertz CT molecular complexity index is 809. The van der Waals surface area contributed by atoms with Crippen LogP contribution in [0, 0.1) is 11.3 Å². The highest BCUT2D eigenvalue weighted by molar-refractivity contribution is 7.88. The van der Waals surface area contributed by atoms with Gasteiger partial charge in [0.05, 0.1) is 17.4 Å². The van der Waals surface area contributed by atoms with E-state index in [4.69, 9.17) is 4.74 Å². The molecule has 27 heavy (non-hydrogen) atoms. The number of carbonyl (C=O) groups is 1. The molecular formula is C19H27N3O4S. The van der Waals surface area contributed by atoms with Crippen molar-refractivity contribution in [1.82, 2.24) is 9.62 Å². The number of hydrogen-bond donors (Lipinski definition) is 1. The molecule has 1 aliphatic heterocycles. The van der Waals surface area contributed by atoms with Crippen molar-refractivity contribution >= 4 is 16.1 Å². The van der Waals surface area contributed by atoms with Crippen LogP contribution in [0.4, 0.5) is 4.79 Å². The molecule has 0 saturated carbocycles. The molecule has 1 heterocycles. The van der Waals surface area contributed by atoms with Crippen molar-refractivity contribution in [3.63, 3.8) is 0 Å². The van der Waals surface area contributed by atoms with E-state index in [1.165, 1.54) is 4.31 Å². The number of sulfonamides is 1. The number of carbonyl (C=O) groups excluding carboxylic acids is 1. The SMILES string of the molecule is CC(C)(C)OC(=O)NC[C@@H]1CCCCN1S(=O)(=O)Cc1ccccc1C#N. The van der Waals surface area contributed by atoms with E-state index in [2.05, 4.69) is 5.32 Å². The van der Waals surface area contributed by atoms with Crippen LogP contribution in [0.25, 0.3) is 0 Å². The molecule has 1 saturated heterocycles. The highest BCUT2D eigenvalue weighted by atomic mass is 32.2. The van der Waals surface area contributed by atoms with E-state index in [1.54, 1.807) is 45.0 Å². The zero-order valence-electron chi connectivity index (χ0n) is 16.1.